The highest BCUT2D eigenvalue weighted by Crippen LogP contribution is 2.44. The summed E-state index contributed by atoms with van der Waals surface area (Å²) in [7, 11) is 1.45. The third-order valence-corrected chi connectivity index (χ3v) is 6.86. The van der Waals surface area contributed by atoms with Gasteiger partial charge in [-0.3, -0.25) is 4.79 Å². The van der Waals surface area contributed by atoms with Crippen LogP contribution in [0.4, 0.5) is 0 Å². The van der Waals surface area contributed by atoms with E-state index in [0.717, 1.165) is 31.2 Å². The van der Waals surface area contributed by atoms with Gasteiger partial charge in [0.05, 0.1) is 13.2 Å². The van der Waals surface area contributed by atoms with E-state index < -0.39 is 12.1 Å². The molecule has 1 aliphatic heterocycles. The lowest BCUT2D eigenvalue weighted by Gasteiger charge is -2.24. The van der Waals surface area contributed by atoms with Crippen molar-refractivity contribution in [3.63, 3.8) is 0 Å². The highest BCUT2D eigenvalue weighted by Gasteiger charge is 2.31. The molecular formula is C29H36O7. The number of hydrogen-bond donors (Lipinski definition) is 1. The number of methoxy groups -OCH3 is 1. The van der Waals surface area contributed by atoms with Gasteiger partial charge in [0.25, 0.3) is 0 Å². The molecule has 4 rings (SSSR count). The molecule has 1 saturated carbocycles. The first-order chi connectivity index (χ1) is 17.3. The largest absolute Gasteiger partial charge is 0.495 e. The SMILES string of the molecule is COc1c([C@@H](O)CC(C)C)ccc2c1C(=O)OCc1cc(C)cc(OC(=O)CC3CCCCC3)c1O2. The topological polar surface area (TPSA) is 91.3 Å². The molecule has 0 bridgehead atoms. The van der Waals surface area contributed by atoms with E-state index in [-0.39, 0.29) is 35.6 Å². The van der Waals surface area contributed by atoms with Crippen LogP contribution in [0.15, 0.2) is 24.3 Å². The number of aryl methyl sites for hydroxylation is 1. The van der Waals surface area contributed by atoms with Gasteiger partial charge in [-0.25, -0.2) is 4.79 Å². The highest BCUT2D eigenvalue weighted by atomic mass is 16.6. The van der Waals surface area contributed by atoms with Crippen molar-refractivity contribution in [1.82, 2.24) is 0 Å². The normalized spacial score (nSPS) is 16.7. The van der Waals surface area contributed by atoms with Gasteiger partial charge in [0, 0.05) is 17.5 Å². The number of ether oxygens (including phenoxy) is 4. The Balaban J connectivity index is 1.68. The Morgan fingerprint density at radius 1 is 1.17 bits per heavy atom. The van der Waals surface area contributed by atoms with Crippen molar-refractivity contribution in [2.24, 2.45) is 11.8 Å². The maximum atomic E-state index is 13.1. The summed E-state index contributed by atoms with van der Waals surface area (Å²) in [6.07, 6.45) is 5.69. The number of carbonyl (C=O) groups is 2. The van der Waals surface area contributed by atoms with Crippen LogP contribution in [0, 0.1) is 18.8 Å². The average molecular weight is 497 g/mol. The monoisotopic (exact) mass is 496 g/mol. The Hall–Kier alpha value is -3.06. The predicted octanol–water partition coefficient (Wildman–Crippen LogP) is 6.42. The van der Waals surface area contributed by atoms with Gasteiger partial charge >= 0.3 is 11.9 Å². The van der Waals surface area contributed by atoms with Crippen LogP contribution in [0.1, 0.15) is 91.9 Å². The van der Waals surface area contributed by atoms with Gasteiger partial charge < -0.3 is 24.1 Å². The molecule has 2 aromatic carbocycles. The molecule has 0 saturated heterocycles. The Labute approximate surface area is 212 Å². The van der Waals surface area contributed by atoms with Crippen molar-refractivity contribution in [3.8, 4) is 23.0 Å². The number of aliphatic hydroxyl groups excluding tert-OH is 1. The molecule has 36 heavy (non-hydrogen) atoms. The van der Waals surface area contributed by atoms with E-state index in [0.29, 0.717) is 41.4 Å². The maximum Gasteiger partial charge on any atom is 0.346 e. The second kappa shape index (κ2) is 11.3. The number of rotatable bonds is 7. The third-order valence-electron chi connectivity index (χ3n) is 6.86. The van der Waals surface area contributed by atoms with Crippen LogP contribution in [0.25, 0.3) is 0 Å². The quantitative estimate of drug-likeness (QED) is 0.349. The molecule has 0 aromatic heterocycles. The predicted molar refractivity (Wildman–Crippen MR) is 135 cm³/mol. The van der Waals surface area contributed by atoms with Crippen LogP contribution >= 0.6 is 0 Å². The van der Waals surface area contributed by atoms with E-state index in [1.165, 1.54) is 13.5 Å². The summed E-state index contributed by atoms with van der Waals surface area (Å²) in [5.41, 5.74) is 2.06. The molecule has 0 radical (unpaired) electrons. The first-order valence-electron chi connectivity index (χ1n) is 12.8. The molecule has 7 nitrogen and oxygen atoms in total. The van der Waals surface area contributed by atoms with E-state index in [1.807, 2.05) is 26.8 Å². The molecule has 1 N–H and O–H groups in total. The fourth-order valence-corrected chi connectivity index (χ4v) is 5.14. The molecule has 2 aromatic rings. The van der Waals surface area contributed by atoms with Crippen molar-refractivity contribution < 1.29 is 33.6 Å². The maximum absolute atomic E-state index is 13.1. The fraction of sp³-hybridized carbons (Fsp3) is 0.517. The molecular weight excluding hydrogens is 460 g/mol. The standard InChI is InChI=1S/C29H36O7/c1-17(2)12-22(30)21-10-11-23-26(28(21)33-4)29(32)34-16-20-13-18(3)14-24(27(20)36-23)35-25(31)15-19-8-6-5-7-9-19/h10-11,13-14,17,19,22,30H,5-9,12,15-16H2,1-4H3/t22-/m0/s1. The van der Waals surface area contributed by atoms with Crippen LogP contribution in [0.5, 0.6) is 23.0 Å². The highest BCUT2D eigenvalue weighted by molar-refractivity contribution is 5.96. The number of esters is 2. The van der Waals surface area contributed by atoms with Crippen molar-refractivity contribution in [2.75, 3.05) is 7.11 Å². The van der Waals surface area contributed by atoms with Crippen molar-refractivity contribution in [1.29, 1.82) is 0 Å². The number of fused-ring (bicyclic) bond motifs is 2. The van der Waals surface area contributed by atoms with Crippen LogP contribution < -0.4 is 14.2 Å². The minimum Gasteiger partial charge on any atom is -0.495 e. The van der Waals surface area contributed by atoms with Crippen molar-refractivity contribution in [2.45, 2.75) is 78.4 Å². The number of hydrogen-bond acceptors (Lipinski definition) is 7. The van der Waals surface area contributed by atoms with Gasteiger partial charge in [-0.2, -0.15) is 0 Å². The summed E-state index contributed by atoms with van der Waals surface area (Å²) in [5.74, 6) is 0.771. The summed E-state index contributed by atoms with van der Waals surface area (Å²) in [6, 6.07) is 6.94. The molecule has 1 atom stereocenters. The first-order valence-corrected chi connectivity index (χ1v) is 12.8. The minimum atomic E-state index is -0.810. The van der Waals surface area contributed by atoms with Crippen molar-refractivity contribution in [3.05, 3.63) is 46.5 Å². The Kier molecular flexibility index (Phi) is 8.19. The second-order valence-corrected chi connectivity index (χ2v) is 10.3. The van der Waals surface area contributed by atoms with Crippen LogP contribution in [0.2, 0.25) is 0 Å². The van der Waals surface area contributed by atoms with Crippen molar-refractivity contribution >= 4 is 11.9 Å². The minimum absolute atomic E-state index is 0.0512. The molecule has 0 amide bonds. The molecule has 7 heteroatoms. The van der Waals surface area contributed by atoms with E-state index in [2.05, 4.69) is 0 Å². The van der Waals surface area contributed by atoms with E-state index in [9.17, 15) is 14.7 Å². The zero-order valence-electron chi connectivity index (χ0n) is 21.6. The third kappa shape index (κ3) is 5.84. The average Bonchev–Trinajstić information content (AvgIpc) is 2.82. The van der Waals surface area contributed by atoms with E-state index in [4.69, 9.17) is 18.9 Å². The Morgan fingerprint density at radius 3 is 2.61 bits per heavy atom. The zero-order chi connectivity index (χ0) is 25.8. The smallest absolute Gasteiger partial charge is 0.346 e. The van der Waals surface area contributed by atoms with Gasteiger partial charge in [0.1, 0.15) is 23.7 Å². The lowest BCUT2D eigenvalue weighted by molar-refractivity contribution is -0.135. The number of aliphatic hydroxyl groups is 1. The molecule has 194 valence electrons. The Morgan fingerprint density at radius 2 is 1.92 bits per heavy atom. The lowest BCUT2D eigenvalue weighted by Crippen LogP contribution is -2.18. The summed E-state index contributed by atoms with van der Waals surface area (Å²) in [4.78, 5) is 25.9. The van der Waals surface area contributed by atoms with E-state index in [1.54, 1.807) is 18.2 Å². The number of carbonyl (C=O) groups excluding carboxylic acids is 2. The van der Waals surface area contributed by atoms with Crippen LogP contribution in [0.3, 0.4) is 0 Å². The summed E-state index contributed by atoms with van der Waals surface area (Å²) in [6.45, 7) is 5.86. The van der Waals surface area contributed by atoms with Crippen LogP contribution in [-0.2, 0) is 16.1 Å². The molecule has 0 spiro atoms. The summed E-state index contributed by atoms with van der Waals surface area (Å²) < 4.78 is 23.3. The zero-order valence-corrected chi connectivity index (χ0v) is 21.6. The number of cyclic esters (lactones) is 1. The number of benzene rings is 2. The molecule has 1 fully saturated rings. The fourth-order valence-electron chi connectivity index (χ4n) is 5.14. The van der Waals surface area contributed by atoms with Gasteiger partial charge in [-0.1, -0.05) is 33.1 Å². The molecule has 2 aliphatic rings. The first kappa shape index (κ1) is 26.0. The second-order valence-electron chi connectivity index (χ2n) is 10.3. The van der Waals surface area contributed by atoms with Gasteiger partial charge in [-0.05, 0) is 67.9 Å². The molecule has 1 aliphatic carbocycles. The summed E-state index contributed by atoms with van der Waals surface area (Å²) in [5, 5.41) is 10.8. The van der Waals surface area contributed by atoms with Crippen LogP contribution in [-0.4, -0.2) is 24.2 Å². The van der Waals surface area contributed by atoms with Gasteiger partial charge in [-0.15, -0.1) is 0 Å². The molecule has 1 heterocycles. The van der Waals surface area contributed by atoms with Gasteiger partial charge in [0.15, 0.2) is 11.5 Å². The summed E-state index contributed by atoms with van der Waals surface area (Å²) >= 11 is 0. The molecule has 0 unspecified atom stereocenters. The lowest BCUT2D eigenvalue weighted by atomic mass is 9.87. The van der Waals surface area contributed by atoms with Gasteiger partial charge in [0.2, 0.25) is 0 Å². The Bertz CT molecular complexity index is 1120. The van der Waals surface area contributed by atoms with E-state index >= 15 is 0 Å².